The normalized spacial score (nSPS) is 15.6. The van der Waals surface area contributed by atoms with Crippen LogP contribution in [0.5, 0.6) is 17.2 Å². The lowest BCUT2D eigenvalue weighted by Crippen LogP contribution is -2.22. The Morgan fingerprint density at radius 2 is 2.21 bits per heavy atom. The van der Waals surface area contributed by atoms with Crippen LogP contribution in [0.4, 0.5) is 0 Å². The Labute approximate surface area is 167 Å². The van der Waals surface area contributed by atoms with Gasteiger partial charge in [0.1, 0.15) is 11.6 Å². The van der Waals surface area contributed by atoms with Gasteiger partial charge in [-0.15, -0.1) is 6.58 Å². The second-order valence-electron chi connectivity index (χ2n) is 6.82. The zero-order chi connectivity index (χ0) is 20.7. The summed E-state index contributed by atoms with van der Waals surface area (Å²) in [6, 6.07) is 7.58. The SMILES string of the molecule is C=CCc1c(C2C(C#N)=C(N)Oc3c2ccn2cc(C)nc32)ccc(OC)c1O. The molecule has 3 aromatic rings. The van der Waals surface area contributed by atoms with Crippen LogP contribution in [0.3, 0.4) is 0 Å². The lowest BCUT2D eigenvalue weighted by molar-refractivity contribution is 0.370. The highest BCUT2D eigenvalue weighted by atomic mass is 16.5. The molecule has 0 bridgehead atoms. The lowest BCUT2D eigenvalue weighted by atomic mass is 9.81. The number of methoxy groups -OCH3 is 1. The Kier molecular flexibility index (Phi) is 4.40. The molecule has 0 spiro atoms. The Morgan fingerprint density at radius 3 is 2.90 bits per heavy atom. The van der Waals surface area contributed by atoms with Gasteiger partial charge in [0, 0.05) is 23.5 Å². The number of nitriles is 1. The Hall–Kier alpha value is -3.92. The molecule has 4 rings (SSSR count). The van der Waals surface area contributed by atoms with Crippen molar-refractivity contribution in [2.45, 2.75) is 19.3 Å². The summed E-state index contributed by atoms with van der Waals surface area (Å²) in [7, 11) is 1.49. The molecule has 2 aromatic heterocycles. The van der Waals surface area contributed by atoms with Crippen molar-refractivity contribution >= 4 is 5.65 Å². The number of aromatic nitrogens is 2. The molecule has 1 aliphatic rings. The van der Waals surface area contributed by atoms with Crippen molar-refractivity contribution in [3.05, 3.63) is 77.1 Å². The molecule has 1 aromatic carbocycles. The molecule has 0 saturated heterocycles. The number of fused-ring (bicyclic) bond motifs is 3. The Balaban J connectivity index is 2.03. The molecule has 7 nitrogen and oxygen atoms in total. The quantitative estimate of drug-likeness (QED) is 0.664. The molecule has 29 heavy (non-hydrogen) atoms. The number of ether oxygens (including phenoxy) is 2. The zero-order valence-electron chi connectivity index (χ0n) is 16.1. The van der Waals surface area contributed by atoms with Gasteiger partial charge in [0.2, 0.25) is 5.88 Å². The van der Waals surface area contributed by atoms with Crippen molar-refractivity contribution in [3.63, 3.8) is 0 Å². The molecular weight excluding hydrogens is 368 g/mol. The van der Waals surface area contributed by atoms with E-state index in [0.29, 0.717) is 29.1 Å². The van der Waals surface area contributed by atoms with Gasteiger partial charge in [0.05, 0.1) is 18.7 Å². The van der Waals surface area contributed by atoms with Crippen LogP contribution in [-0.2, 0) is 6.42 Å². The smallest absolute Gasteiger partial charge is 0.205 e. The van der Waals surface area contributed by atoms with E-state index in [2.05, 4.69) is 17.6 Å². The first-order chi connectivity index (χ1) is 14.0. The van der Waals surface area contributed by atoms with E-state index in [1.807, 2.05) is 35.9 Å². The van der Waals surface area contributed by atoms with Gasteiger partial charge in [-0.3, -0.25) is 0 Å². The minimum atomic E-state index is -0.516. The summed E-state index contributed by atoms with van der Waals surface area (Å²) >= 11 is 0. The third-order valence-electron chi connectivity index (χ3n) is 5.09. The number of phenols is 1. The van der Waals surface area contributed by atoms with Crippen LogP contribution in [0.1, 0.15) is 28.3 Å². The van der Waals surface area contributed by atoms with Gasteiger partial charge in [-0.2, -0.15) is 5.26 Å². The van der Waals surface area contributed by atoms with Gasteiger partial charge < -0.3 is 24.7 Å². The molecule has 3 heterocycles. The van der Waals surface area contributed by atoms with Gasteiger partial charge in [-0.25, -0.2) is 4.98 Å². The van der Waals surface area contributed by atoms with Gasteiger partial charge in [0.15, 0.2) is 22.9 Å². The summed E-state index contributed by atoms with van der Waals surface area (Å²) in [6.07, 6.45) is 5.85. The first-order valence-electron chi connectivity index (χ1n) is 9.05. The van der Waals surface area contributed by atoms with Crippen LogP contribution < -0.4 is 15.2 Å². The van der Waals surface area contributed by atoms with E-state index < -0.39 is 5.92 Å². The summed E-state index contributed by atoms with van der Waals surface area (Å²) < 4.78 is 12.9. The van der Waals surface area contributed by atoms with Crippen molar-refractivity contribution in [2.75, 3.05) is 7.11 Å². The number of pyridine rings is 1. The van der Waals surface area contributed by atoms with E-state index >= 15 is 0 Å². The maximum Gasteiger partial charge on any atom is 0.205 e. The van der Waals surface area contributed by atoms with Crippen molar-refractivity contribution in [1.82, 2.24) is 9.38 Å². The maximum atomic E-state index is 10.7. The number of hydrogen-bond donors (Lipinski definition) is 2. The second kappa shape index (κ2) is 6.91. The topological polar surface area (TPSA) is 106 Å². The highest BCUT2D eigenvalue weighted by molar-refractivity contribution is 5.68. The van der Waals surface area contributed by atoms with Gasteiger partial charge in [0.25, 0.3) is 0 Å². The number of nitrogens with zero attached hydrogens (tertiary/aromatic N) is 3. The third kappa shape index (κ3) is 2.77. The highest BCUT2D eigenvalue weighted by Crippen LogP contribution is 2.47. The number of imidazole rings is 1. The first kappa shape index (κ1) is 18.4. The van der Waals surface area contributed by atoms with Gasteiger partial charge in [-0.1, -0.05) is 12.1 Å². The van der Waals surface area contributed by atoms with E-state index in [1.165, 1.54) is 7.11 Å². The molecule has 0 radical (unpaired) electrons. The molecule has 0 saturated carbocycles. The molecule has 3 N–H and O–H groups in total. The summed E-state index contributed by atoms with van der Waals surface area (Å²) in [5, 5.41) is 20.6. The number of hydrogen-bond acceptors (Lipinski definition) is 6. The molecule has 1 unspecified atom stereocenters. The fraction of sp³-hybridized carbons (Fsp3) is 0.182. The van der Waals surface area contributed by atoms with Crippen molar-refractivity contribution in [3.8, 4) is 23.3 Å². The Bertz CT molecular complexity index is 1220. The van der Waals surface area contributed by atoms with Crippen molar-refractivity contribution in [1.29, 1.82) is 5.26 Å². The largest absolute Gasteiger partial charge is 0.504 e. The van der Waals surface area contributed by atoms with E-state index in [1.54, 1.807) is 12.1 Å². The van der Waals surface area contributed by atoms with Gasteiger partial charge in [-0.05, 0) is 31.0 Å². The zero-order valence-corrected chi connectivity index (χ0v) is 16.1. The minimum Gasteiger partial charge on any atom is -0.504 e. The predicted molar refractivity (Wildman–Crippen MR) is 108 cm³/mol. The van der Waals surface area contributed by atoms with Crippen molar-refractivity contribution < 1.29 is 14.6 Å². The molecule has 0 amide bonds. The molecule has 0 aliphatic carbocycles. The van der Waals surface area contributed by atoms with E-state index in [0.717, 1.165) is 16.8 Å². The first-order valence-corrected chi connectivity index (χ1v) is 9.05. The number of aromatic hydroxyl groups is 1. The van der Waals surface area contributed by atoms with Gasteiger partial charge >= 0.3 is 0 Å². The molecule has 146 valence electrons. The minimum absolute atomic E-state index is 0.0199. The van der Waals surface area contributed by atoms with Crippen LogP contribution in [0.25, 0.3) is 5.65 Å². The van der Waals surface area contributed by atoms with E-state index in [-0.39, 0.29) is 17.2 Å². The average Bonchev–Trinajstić information content (AvgIpc) is 3.09. The van der Waals surface area contributed by atoms with E-state index in [9.17, 15) is 10.4 Å². The number of aryl methyl sites for hydroxylation is 1. The summed E-state index contributed by atoms with van der Waals surface area (Å²) in [6.45, 7) is 5.68. The fourth-order valence-electron chi connectivity index (χ4n) is 3.82. The summed E-state index contributed by atoms with van der Waals surface area (Å²) in [4.78, 5) is 4.53. The average molecular weight is 388 g/mol. The number of rotatable bonds is 4. The molecule has 7 heteroatoms. The third-order valence-corrected chi connectivity index (χ3v) is 5.09. The monoisotopic (exact) mass is 388 g/mol. The van der Waals surface area contributed by atoms with Crippen LogP contribution in [-0.4, -0.2) is 21.6 Å². The maximum absolute atomic E-state index is 10.7. The van der Waals surface area contributed by atoms with Crippen LogP contribution in [0.15, 0.2) is 54.7 Å². The molecule has 1 aliphatic heterocycles. The Morgan fingerprint density at radius 1 is 1.41 bits per heavy atom. The number of phenolic OH excluding ortho intramolecular Hbond substituents is 1. The van der Waals surface area contributed by atoms with Crippen LogP contribution in [0.2, 0.25) is 0 Å². The second-order valence-corrected chi connectivity index (χ2v) is 6.82. The van der Waals surface area contributed by atoms with Crippen LogP contribution >= 0.6 is 0 Å². The van der Waals surface area contributed by atoms with E-state index in [4.69, 9.17) is 15.2 Å². The molecule has 0 fully saturated rings. The highest BCUT2D eigenvalue weighted by Gasteiger charge is 2.34. The summed E-state index contributed by atoms with van der Waals surface area (Å²) in [5.74, 6) is 0.386. The molecular formula is C22H20N4O3. The molecule has 1 atom stereocenters. The number of nitrogens with two attached hydrogens (primary N) is 1. The van der Waals surface area contributed by atoms with Crippen LogP contribution in [0, 0.1) is 18.3 Å². The lowest BCUT2D eigenvalue weighted by Gasteiger charge is -2.28. The number of benzene rings is 1. The van der Waals surface area contributed by atoms with Crippen molar-refractivity contribution in [2.24, 2.45) is 5.73 Å². The number of allylic oxidation sites excluding steroid dienone is 2. The fourth-order valence-corrected chi connectivity index (χ4v) is 3.82. The summed E-state index contributed by atoms with van der Waals surface area (Å²) in [5.41, 5.74) is 9.98. The predicted octanol–water partition coefficient (Wildman–Crippen LogP) is 3.30. The standard InChI is InChI=1S/C22H20N4O3/c1-4-5-14-13(6-7-17(28-3)19(14)27)18-15-8-9-26-11-12(2)25-22(26)20(15)29-21(24)16(18)10-23/h4,6-9,11,18,27H,1,5,24H2,2-3H3.